The van der Waals surface area contributed by atoms with Crippen LogP contribution in [0.4, 0.5) is 0 Å². The van der Waals surface area contributed by atoms with E-state index in [1.165, 1.54) is 0 Å². The number of carbonyl (C=O) groups excluding carboxylic acids is 1. The molecule has 2 aromatic heterocycles. The molecule has 0 spiro atoms. The van der Waals surface area contributed by atoms with Gasteiger partial charge in [0, 0.05) is 18.3 Å². The van der Waals surface area contributed by atoms with Crippen molar-refractivity contribution in [2.45, 2.75) is 6.54 Å². The van der Waals surface area contributed by atoms with E-state index >= 15 is 0 Å². The zero-order valence-corrected chi connectivity index (χ0v) is 15.5. The number of benzene rings is 2. The standard InChI is InChI=1S/C22H19N3OS/c26-22(19-10-8-18(9-11-19)17-5-2-1-3-6-17)23-13-15-25-14-12-20(24-25)21-7-4-16-27-21/h1-12,14,16H,13,15H2,(H,23,26). The average molecular weight is 373 g/mol. The lowest BCUT2D eigenvalue weighted by Gasteiger charge is -2.07. The fourth-order valence-electron chi connectivity index (χ4n) is 2.87. The van der Waals surface area contributed by atoms with E-state index in [0.717, 1.165) is 21.7 Å². The van der Waals surface area contributed by atoms with Gasteiger partial charge in [-0.15, -0.1) is 11.3 Å². The monoisotopic (exact) mass is 373 g/mol. The molecule has 134 valence electrons. The molecular weight excluding hydrogens is 354 g/mol. The minimum absolute atomic E-state index is 0.0692. The first-order chi connectivity index (χ1) is 13.3. The number of aromatic nitrogens is 2. The minimum atomic E-state index is -0.0692. The molecule has 0 saturated carbocycles. The van der Waals surface area contributed by atoms with Gasteiger partial charge in [-0.3, -0.25) is 9.48 Å². The van der Waals surface area contributed by atoms with Crippen LogP contribution in [-0.4, -0.2) is 22.2 Å². The summed E-state index contributed by atoms with van der Waals surface area (Å²) in [6.07, 6.45) is 1.94. The van der Waals surface area contributed by atoms with Crippen LogP contribution in [0.25, 0.3) is 21.7 Å². The number of hydrogen-bond donors (Lipinski definition) is 1. The van der Waals surface area contributed by atoms with E-state index in [1.54, 1.807) is 11.3 Å². The van der Waals surface area contributed by atoms with E-state index in [-0.39, 0.29) is 5.91 Å². The highest BCUT2D eigenvalue weighted by Crippen LogP contribution is 2.22. The van der Waals surface area contributed by atoms with Crippen LogP contribution in [0.1, 0.15) is 10.4 Å². The third-order valence-corrected chi connectivity index (χ3v) is 5.19. The van der Waals surface area contributed by atoms with Crippen molar-refractivity contribution < 1.29 is 4.79 Å². The van der Waals surface area contributed by atoms with Crippen molar-refractivity contribution in [1.82, 2.24) is 15.1 Å². The van der Waals surface area contributed by atoms with Gasteiger partial charge in [-0.2, -0.15) is 5.10 Å². The number of rotatable bonds is 6. The highest BCUT2D eigenvalue weighted by atomic mass is 32.1. The predicted octanol–water partition coefficient (Wildman–Crippen LogP) is 4.71. The van der Waals surface area contributed by atoms with Crippen molar-refractivity contribution in [2.75, 3.05) is 6.54 Å². The maximum atomic E-state index is 12.3. The molecule has 0 radical (unpaired) electrons. The number of nitrogens with one attached hydrogen (secondary N) is 1. The molecule has 0 aliphatic heterocycles. The zero-order valence-electron chi connectivity index (χ0n) is 14.7. The van der Waals surface area contributed by atoms with E-state index in [4.69, 9.17) is 0 Å². The highest BCUT2D eigenvalue weighted by molar-refractivity contribution is 7.13. The third-order valence-electron chi connectivity index (χ3n) is 4.29. The van der Waals surface area contributed by atoms with Gasteiger partial charge in [0.1, 0.15) is 5.69 Å². The molecule has 0 saturated heterocycles. The lowest BCUT2D eigenvalue weighted by atomic mass is 10.0. The van der Waals surface area contributed by atoms with Crippen molar-refractivity contribution in [1.29, 1.82) is 0 Å². The maximum Gasteiger partial charge on any atom is 0.251 e. The molecule has 0 fully saturated rings. The van der Waals surface area contributed by atoms with Crippen molar-refractivity contribution >= 4 is 17.2 Å². The topological polar surface area (TPSA) is 46.9 Å². The van der Waals surface area contributed by atoms with Crippen LogP contribution >= 0.6 is 11.3 Å². The van der Waals surface area contributed by atoms with Crippen molar-refractivity contribution in [2.24, 2.45) is 0 Å². The Morgan fingerprint density at radius 2 is 1.70 bits per heavy atom. The van der Waals surface area contributed by atoms with Crippen LogP contribution in [0.3, 0.4) is 0 Å². The predicted molar refractivity (Wildman–Crippen MR) is 110 cm³/mol. The van der Waals surface area contributed by atoms with Crippen molar-refractivity contribution in [3.8, 4) is 21.7 Å². The number of thiophene rings is 1. The molecule has 0 aliphatic rings. The van der Waals surface area contributed by atoms with Crippen LogP contribution in [-0.2, 0) is 6.54 Å². The number of amides is 1. The molecule has 4 rings (SSSR count). The van der Waals surface area contributed by atoms with Gasteiger partial charge in [0.15, 0.2) is 0 Å². The summed E-state index contributed by atoms with van der Waals surface area (Å²) in [5.41, 5.74) is 3.87. The molecule has 0 bridgehead atoms. The fraction of sp³-hybridized carbons (Fsp3) is 0.0909. The summed E-state index contributed by atoms with van der Waals surface area (Å²) in [7, 11) is 0. The van der Waals surface area contributed by atoms with E-state index in [1.807, 2.05) is 70.9 Å². The summed E-state index contributed by atoms with van der Waals surface area (Å²) >= 11 is 1.67. The SMILES string of the molecule is O=C(NCCn1ccc(-c2cccs2)n1)c1ccc(-c2ccccc2)cc1. The van der Waals surface area contributed by atoms with Gasteiger partial charge in [0.2, 0.25) is 0 Å². The Balaban J connectivity index is 1.32. The Morgan fingerprint density at radius 1 is 0.926 bits per heavy atom. The smallest absolute Gasteiger partial charge is 0.251 e. The molecule has 2 aromatic carbocycles. The summed E-state index contributed by atoms with van der Waals surface area (Å²) in [6, 6.07) is 23.9. The van der Waals surface area contributed by atoms with Gasteiger partial charge in [-0.25, -0.2) is 0 Å². The molecular formula is C22H19N3OS. The minimum Gasteiger partial charge on any atom is -0.350 e. The molecule has 4 nitrogen and oxygen atoms in total. The lowest BCUT2D eigenvalue weighted by molar-refractivity contribution is 0.0952. The van der Waals surface area contributed by atoms with Crippen LogP contribution < -0.4 is 5.32 Å². The molecule has 0 aliphatic carbocycles. The van der Waals surface area contributed by atoms with Crippen LogP contribution in [0, 0.1) is 0 Å². The third kappa shape index (κ3) is 4.15. The summed E-state index contributed by atoms with van der Waals surface area (Å²) in [5.74, 6) is -0.0692. The summed E-state index contributed by atoms with van der Waals surface area (Å²) in [5, 5.41) is 9.54. The van der Waals surface area contributed by atoms with Crippen LogP contribution in [0.5, 0.6) is 0 Å². The first-order valence-corrected chi connectivity index (χ1v) is 9.68. The van der Waals surface area contributed by atoms with E-state index < -0.39 is 0 Å². The fourth-order valence-corrected chi connectivity index (χ4v) is 3.56. The van der Waals surface area contributed by atoms with Gasteiger partial charge in [-0.1, -0.05) is 48.5 Å². The number of carbonyl (C=O) groups is 1. The Hall–Kier alpha value is -3.18. The maximum absolute atomic E-state index is 12.3. The van der Waals surface area contributed by atoms with Gasteiger partial charge in [0.25, 0.3) is 5.91 Å². The second kappa shape index (κ2) is 8.01. The van der Waals surface area contributed by atoms with E-state index in [2.05, 4.69) is 28.6 Å². The Kier molecular flexibility index (Phi) is 5.12. The van der Waals surface area contributed by atoms with E-state index in [0.29, 0.717) is 18.7 Å². The molecule has 0 atom stereocenters. The molecule has 0 unspecified atom stereocenters. The Bertz CT molecular complexity index is 1010. The van der Waals surface area contributed by atoms with Crippen molar-refractivity contribution in [3.63, 3.8) is 0 Å². The molecule has 4 aromatic rings. The summed E-state index contributed by atoms with van der Waals surface area (Å²) in [6.45, 7) is 1.17. The Morgan fingerprint density at radius 3 is 2.44 bits per heavy atom. The Labute approximate surface area is 162 Å². The van der Waals surface area contributed by atoms with Crippen molar-refractivity contribution in [3.05, 3.63) is 89.9 Å². The van der Waals surface area contributed by atoms with Gasteiger partial charge in [-0.05, 0) is 40.8 Å². The first-order valence-electron chi connectivity index (χ1n) is 8.80. The zero-order chi connectivity index (χ0) is 18.5. The second-order valence-corrected chi connectivity index (χ2v) is 7.09. The lowest BCUT2D eigenvalue weighted by Crippen LogP contribution is -2.27. The summed E-state index contributed by atoms with van der Waals surface area (Å²) in [4.78, 5) is 13.5. The molecule has 27 heavy (non-hydrogen) atoms. The average Bonchev–Trinajstić information content (AvgIpc) is 3.40. The quantitative estimate of drug-likeness (QED) is 0.532. The molecule has 5 heteroatoms. The first kappa shape index (κ1) is 17.2. The normalized spacial score (nSPS) is 10.7. The van der Waals surface area contributed by atoms with E-state index in [9.17, 15) is 4.79 Å². The second-order valence-electron chi connectivity index (χ2n) is 6.14. The molecule has 2 heterocycles. The molecule has 1 amide bonds. The summed E-state index contributed by atoms with van der Waals surface area (Å²) < 4.78 is 1.85. The number of hydrogen-bond acceptors (Lipinski definition) is 3. The largest absolute Gasteiger partial charge is 0.350 e. The van der Waals surface area contributed by atoms with Crippen LogP contribution in [0.15, 0.2) is 84.4 Å². The van der Waals surface area contributed by atoms with Gasteiger partial charge in [0.05, 0.1) is 11.4 Å². The van der Waals surface area contributed by atoms with Gasteiger partial charge < -0.3 is 5.32 Å². The highest BCUT2D eigenvalue weighted by Gasteiger charge is 2.07. The number of nitrogens with zero attached hydrogens (tertiary/aromatic N) is 2. The molecule has 1 N–H and O–H groups in total. The van der Waals surface area contributed by atoms with Crippen LogP contribution in [0.2, 0.25) is 0 Å². The van der Waals surface area contributed by atoms with Gasteiger partial charge >= 0.3 is 0 Å².